The Morgan fingerprint density at radius 3 is 2.89 bits per heavy atom. The van der Waals surface area contributed by atoms with Crippen LogP contribution in [0.4, 0.5) is 5.95 Å². The molecule has 1 fully saturated rings. The molecule has 6 nitrogen and oxygen atoms in total. The van der Waals surface area contributed by atoms with Gasteiger partial charge < -0.3 is 5.32 Å². The number of nitrogens with zero attached hydrogens (tertiary/aromatic N) is 5. The average molecular weight is 265 g/mol. The Labute approximate surface area is 109 Å². The van der Waals surface area contributed by atoms with Gasteiger partial charge in [0.25, 0.3) is 5.95 Å². The standard InChI is InChI=1S/C11H13ClN6/c1-7(8-3-4-8)14-10-15-9(12)16-11(17-10)18-6-2-5-13-18/h2,5-8H,3-4H2,1H3,(H,14,15,16,17). The van der Waals surface area contributed by atoms with Crippen LogP contribution in [0, 0.1) is 5.92 Å². The first-order valence-electron chi connectivity index (χ1n) is 5.90. The van der Waals surface area contributed by atoms with Crippen molar-refractivity contribution in [1.29, 1.82) is 0 Å². The van der Waals surface area contributed by atoms with E-state index in [-0.39, 0.29) is 5.28 Å². The van der Waals surface area contributed by atoms with Crippen LogP contribution >= 0.6 is 11.6 Å². The zero-order chi connectivity index (χ0) is 12.5. The van der Waals surface area contributed by atoms with Gasteiger partial charge in [-0.1, -0.05) is 0 Å². The summed E-state index contributed by atoms with van der Waals surface area (Å²) in [5, 5.41) is 7.50. The summed E-state index contributed by atoms with van der Waals surface area (Å²) >= 11 is 5.90. The Balaban J connectivity index is 1.85. The molecule has 0 spiro atoms. The molecule has 0 aromatic carbocycles. The quantitative estimate of drug-likeness (QED) is 0.914. The fourth-order valence-corrected chi connectivity index (χ4v) is 1.97. The molecule has 18 heavy (non-hydrogen) atoms. The highest BCUT2D eigenvalue weighted by Crippen LogP contribution is 2.33. The Bertz CT molecular complexity index is 536. The summed E-state index contributed by atoms with van der Waals surface area (Å²) in [7, 11) is 0. The van der Waals surface area contributed by atoms with Gasteiger partial charge in [0.1, 0.15) is 0 Å². The highest BCUT2D eigenvalue weighted by Gasteiger charge is 2.28. The van der Waals surface area contributed by atoms with E-state index in [1.165, 1.54) is 12.8 Å². The third-order valence-electron chi connectivity index (χ3n) is 2.99. The highest BCUT2D eigenvalue weighted by atomic mass is 35.5. The molecular weight excluding hydrogens is 252 g/mol. The normalized spacial score (nSPS) is 16.6. The highest BCUT2D eigenvalue weighted by molar-refractivity contribution is 6.28. The Morgan fingerprint density at radius 2 is 2.22 bits per heavy atom. The number of hydrogen-bond acceptors (Lipinski definition) is 5. The average Bonchev–Trinajstić information content (AvgIpc) is 3.04. The van der Waals surface area contributed by atoms with Gasteiger partial charge in [-0.3, -0.25) is 0 Å². The minimum atomic E-state index is 0.168. The summed E-state index contributed by atoms with van der Waals surface area (Å²) in [6.45, 7) is 2.13. The Kier molecular flexibility index (Phi) is 2.87. The molecule has 2 aromatic rings. The molecule has 1 aliphatic carbocycles. The van der Waals surface area contributed by atoms with E-state index in [9.17, 15) is 0 Å². The van der Waals surface area contributed by atoms with Crippen LogP contribution in [-0.4, -0.2) is 30.8 Å². The van der Waals surface area contributed by atoms with Crippen molar-refractivity contribution in [3.05, 3.63) is 23.7 Å². The van der Waals surface area contributed by atoms with E-state index < -0.39 is 0 Å². The maximum Gasteiger partial charge on any atom is 0.256 e. The fraction of sp³-hybridized carbons (Fsp3) is 0.455. The van der Waals surface area contributed by atoms with Crippen molar-refractivity contribution in [1.82, 2.24) is 24.7 Å². The lowest BCUT2D eigenvalue weighted by Gasteiger charge is -2.12. The molecule has 0 aliphatic heterocycles. The van der Waals surface area contributed by atoms with E-state index in [2.05, 4.69) is 32.3 Å². The van der Waals surface area contributed by atoms with E-state index in [0.29, 0.717) is 23.9 Å². The summed E-state index contributed by atoms with van der Waals surface area (Å²) in [5.41, 5.74) is 0. The van der Waals surface area contributed by atoms with E-state index in [1.54, 1.807) is 23.1 Å². The fourth-order valence-electron chi connectivity index (χ4n) is 1.81. The number of anilines is 1. The summed E-state index contributed by atoms with van der Waals surface area (Å²) in [4.78, 5) is 12.4. The molecule has 1 aliphatic rings. The second kappa shape index (κ2) is 4.53. The molecule has 94 valence electrons. The van der Waals surface area contributed by atoms with E-state index >= 15 is 0 Å². The molecule has 1 unspecified atom stereocenters. The van der Waals surface area contributed by atoms with Crippen LogP contribution in [0.25, 0.3) is 5.95 Å². The first-order chi connectivity index (χ1) is 8.72. The van der Waals surface area contributed by atoms with Crippen molar-refractivity contribution >= 4 is 17.5 Å². The molecule has 0 saturated heterocycles. The first-order valence-corrected chi connectivity index (χ1v) is 6.28. The van der Waals surface area contributed by atoms with Gasteiger partial charge in [0.15, 0.2) is 0 Å². The summed E-state index contributed by atoms with van der Waals surface area (Å²) in [5.74, 6) is 1.64. The number of rotatable bonds is 4. The number of aromatic nitrogens is 5. The van der Waals surface area contributed by atoms with Crippen molar-refractivity contribution in [2.75, 3.05) is 5.32 Å². The van der Waals surface area contributed by atoms with Crippen LogP contribution in [-0.2, 0) is 0 Å². The lowest BCUT2D eigenvalue weighted by atomic mass is 10.2. The summed E-state index contributed by atoms with van der Waals surface area (Å²) < 4.78 is 1.56. The largest absolute Gasteiger partial charge is 0.351 e. The molecule has 0 radical (unpaired) electrons. The zero-order valence-corrected chi connectivity index (χ0v) is 10.7. The van der Waals surface area contributed by atoms with E-state index in [1.807, 2.05) is 0 Å². The Morgan fingerprint density at radius 1 is 1.39 bits per heavy atom. The van der Waals surface area contributed by atoms with Gasteiger partial charge in [0.05, 0.1) is 0 Å². The topological polar surface area (TPSA) is 68.5 Å². The van der Waals surface area contributed by atoms with Gasteiger partial charge >= 0.3 is 0 Å². The van der Waals surface area contributed by atoms with Crippen molar-refractivity contribution < 1.29 is 0 Å². The lowest BCUT2D eigenvalue weighted by Crippen LogP contribution is -2.20. The van der Waals surface area contributed by atoms with Crippen LogP contribution < -0.4 is 5.32 Å². The minimum absolute atomic E-state index is 0.168. The first kappa shape index (κ1) is 11.4. The molecular formula is C11H13ClN6. The van der Waals surface area contributed by atoms with Crippen molar-refractivity contribution in [3.63, 3.8) is 0 Å². The molecule has 0 amide bonds. The third kappa shape index (κ3) is 2.43. The van der Waals surface area contributed by atoms with Crippen LogP contribution in [0.5, 0.6) is 0 Å². The van der Waals surface area contributed by atoms with Gasteiger partial charge in [-0.25, -0.2) is 4.68 Å². The monoisotopic (exact) mass is 264 g/mol. The predicted octanol–water partition coefficient (Wildman–Crippen LogP) is 1.92. The number of halogens is 1. The SMILES string of the molecule is CC(Nc1nc(Cl)nc(-n2cccn2)n1)C1CC1. The molecule has 2 heterocycles. The smallest absolute Gasteiger partial charge is 0.256 e. The molecule has 1 saturated carbocycles. The van der Waals surface area contributed by atoms with E-state index in [4.69, 9.17) is 11.6 Å². The number of nitrogens with one attached hydrogen (secondary N) is 1. The molecule has 1 N–H and O–H groups in total. The zero-order valence-electron chi connectivity index (χ0n) is 9.91. The third-order valence-corrected chi connectivity index (χ3v) is 3.16. The van der Waals surface area contributed by atoms with E-state index in [0.717, 1.165) is 0 Å². The van der Waals surface area contributed by atoms with Crippen LogP contribution in [0.1, 0.15) is 19.8 Å². The minimum Gasteiger partial charge on any atom is -0.351 e. The van der Waals surface area contributed by atoms with Gasteiger partial charge in [-0.2, -0.15) is 20.1 Å². The Hall–Kier alpha value is -1.69. The van der Waals surface area contributed by atoms with Gasteiger partial charge in [0, 0.05) is 18.4 Å². The molecule has 7 heteroatoms. The van der Waals surface area contributed by atoms with Crippen LogP contribution in [0.3, 0.4) is 0 Å². The lowest BCUT2D eigenvalue weighted by molar-refractivity contribution is 0.681. The van der Waals surface area contributed by atoms with Crippen LogP contribution in [0.2, 0.25) is 5.28 Å². The second-order valence-electron chi connectivity index (χ2n) is 4.45. The molecule has 3 rings (SSSR count). The predicted molar refractivity (Wildman–Crippen MR) is 67.8 cm³/mol. The van der Waals surface area contributed by atoms with Crippen molar-refractivity contribution in [2.24, 2.45) is 5.92 Å². The maximum atomic E-state index is 5.90. The van der Waals surface area contributed by atoms with Gasteiger partial charge in [-0.05, 0) is 43.4 Å². The van der Waals surface area contributed by atoms with Gasteiger partial charge in [-0.15, -0.1) is 0 Å². The maximum absolute atomic E-state index is 5.90. The molecule has 1 atom stereocenters. The van der Waals surface area contributed by atoms with Crippen molar-refractivity contribution in [3.8, 4) is 5.95 Å². The van der Waals surface area contributed by atoms with Crippen molar-refractivity contribution in [2.45, 2.75) is 25.8 Å². The molecule has 2 aromatic heterocycles. The summed E-state index contributed by atoms with van der Waals surface area (Å²) in [6.07, 6.45) is 5.95. The van der Waals surface area contributed by atoms with Crippen LogP contribution in [0.15, 0.2) is 18.5 Å². The number of hydrogen-bond donors (Lipinski definition) is 1. The second-order valence-corrected chi connectivity index (χ2v) is 4.79. The van der Waals surface area contributed by atoms with Gasteiger partial charge in [0.2, 0.25) is 11.2 Å². The molecule has 0 bridgehead atoms. The summed E-state index contributed by atoms with van der Waals surface area (Å²) in [6, 6.07) is 2.16.